The number of rotatable bonds is 3. The monoisotopic (exact) mass is 293 g/mol. The lowest BCUT2D eigenvalue weighted by Gasteiger charge is -2.23. The van der Waals surface area contributed by atoms with Crippen molar-refractivity contribution in [3.8, 4) is 0 Å². The lowest BCUT2D eigenvalue weighted by molar-refractivity contribution is -0.141. The minimum Gasteiger partial charge on any atom is -0.481 e. The predicted molar refractivity (Wildman–Crippen MR) is 74.7 cm³/mol. The Morgan fingerprint density at radius 2 is 1.90 bits per heavy atom. The zero-order valence-electron chi connectivity index (χ0n) is 11.0. The Labute approximate surface area is 122 Å². The van der Waals surface area contributed by atoms with Gasteiger partial charge < -0.3 is 10.0 Å². The molecular weight excluding hydrogens is 278 g/mol. The number of aliphatic carboxylic acids is 1. The van der Waals surface area contributed by atoms with Gasteiger partial charge in [-0.25, -0.2) is 0 Å². The number of hydrogen-bond donors (Lipinski definition) is 1. The second-order valence-corrected chi connectivity index (χ2v) is 6.10. The van der Waals surface area contributed by atoms with E-state index in [9.17, 15) is 9.59 Å². The van der Waals surface area contributed by atoms with Gasteiger partial charge in [-0.15, -0.1) is 0 Å². The Balaban J connectivity index is 1.77. The minimum atomic E-state index is -0.809. The third kappa shape index (κ3) is 2.18. The molecule has 0 spiro atoms. The highest BCUT2D eigenvalue weighted by molar-refractivity contribution is 6.30. The van der Waals surface area contributed by atoms with Crippen molar-refractivity contribution in [3.05, 3.63) is 34.9 Å². The zero-order chi connectivity index (χ0) is 14.3. The maximum atomic E-state index is 12.7. The smallest absolute Gasteiger partial charge is 0.308 e. The second kappa shape index (κ2) is 4.77. The van der Waals surface area contributed by atoms with E-state index in [1.165, 1.54) is 0 Å². The molecule has 1 aliphatic carbocycles. The van der Waals surface area contributed by atoms with Gasteiger partial charge in [0, 0.05) is 18.1 Å². The summed E-state index contributed by atoms with van der Waals surface area (Å²) in [6.45, 7) is 0.884. The molecule has 4 nitrogen and oxygen atoms in total. The lowest BCUT2D eigenvalue weighted by atomic mass is 9.94. The number of halogens is 1. The van der Waals surface area contributed by atoms with E-state index in [-0.39, 0.29) is 5.91 Å². The minimum absolute atomic E-state index is 0.0728. The van der Waals surface area contributed by atoms with Crippen LogP contribution in [0.25, 0.3) is 0 Å². The Bertz CT molecular complexity index is 551. The fraction of sp³-hybridized carbons (Fsp3) is 0.467. The van der Waals surface area contributed by atoms with Crippen LogP contribution in [0.5, 0.6) is 0 Å². The summed E-state index contributed by atoms with van der Waals surface area (Å²) in [5, 5.41) is 9.68. The number of carboxylic acid groups (broad SMARTS) is 1. The number of carbonyl (C=O) groups excluding carboxylic acids is 1. The van der Waals surface area contributed by atoms with Gasteiger partial charge >= 0.3 is 5.97 Å². The van der Waals surface area contributed by atoms with Crippen molar-refractivity contribution in [3.63, 3.8) is 0 Å². The molecule has 1 aromatic rings. The van der Waals surface area contributed by atoms with Crippen molar-refractivity contribution >= 4 is 23.5 Å². The first kappa shape index (κ1) is 13.4. The third-order valence-electron chi connectivity index (χ3n) is 4.38. The van der Waals surface area contributed by atoms with Crippen LogP contribution >= 0.6 is 11.6 Å². The van der Waals surface area contributed by atoms with Crippen LogP contribution in [0.15, 0.2) is 24.3 Å². The first-order valence-electron chi connectivity index (χ1n) is 6.81. The molecule has 106 valence electrons. The average molecular weight is 294 g/mol. The number of benzene rings is 1. The molecule has 0 aromatic heterocycles. The SMILES string of the molecule is O=C(O)[C@H]1CCN(C(=O)C2(c3ccc(Cl)cc3)CC2)C1. The van der Waals surface area contributed by atoms with E-state index in [0.717, 1.165) is 18.4 Å². The Morgan fingerprint density at radius 3 is 2.40 bits per heavy atom. The molecule has 1 N–H and O–H groups in total. The first-order chi connectivity index (χ1) is 9.53. The molecule has 2 fully saturated rings. The maximum absolute atomic E-state index is 12.7. The summed E-state index contributed by atoms with van der Waals surface area (Å²) < 4.78 is 0. The molecule has 1 aromatic carbocycles. The number of carboxylic acids is 1. The van der Waals surface area contributed by atoms with Gasteiger partial charge in [-0.1, -0.05) is 23.7 Å². The fourth-order valence-electron chi connectivity index (χ4n) is 2.97. The zero-order valence-corrected chi connectivity index (χ0v) is 11.8. The van der Waals surface area contributed by atoms with Crippen LogP contribution in [0.3, 0.4) is 0 Å². The number of hydrogen-bond acceptors (Lipinski definition) is 2. The number of nitrogens with zero attached hydrogens (tertiary/aromatic N) is 1. The molecule has 2 aliphatic rings. The highest BCUT2D eigenvalue weighted by atomic mass is 35.5. The van der Waals surface area contributed by atoms with Gasteiger partial charge in [0.2, 0.25) is 5.91 Å². The van der Waals surface area contributed by atoms with Gasteiger partial charge in [-0.3, -0.25) is 9.59 Å². The van der Waals surface area contributed by atoms with Gasteiger partial charge in [-0.2, -0.15) is 0 Å². The second-order valence-electron chi connectivity index (χ2n) is 5.66. The van der Waals surface area contributed by atoms with Gasteiger partial charge in [0.05, 0.1) is 11.3 Å². The van der Waals surface area contributed by atoms with Crippen LogP contribution in [-0.4, -0.2) is 35.0 Å². The molecule has 0 radical (unpaired) electrons. The summed E-state index contributed by atoms with van der Waals surface area (Å²) in [6.07, 6.45) is 2.22. The van der Waals surface area contributed by atoms with Crippen molar-refractivity contribution in [1.29, 1.82) is 0 Å². The molecule has 1 heterocycles. The number of carbonyl (C=O) groups is 2. The normalized spacial score (nSPS) is 23.6. The standard InChI is InChI=1S/C15H16ClNO3/c16-12-3-1-11(2-4-12)15(6-7-15)14(20)17-8-5-10(9-17)13(18)19/h1-4,10H,5-9H2,(H,18,19)/t10-/m0/s1. The van der Waals surface area contributed by atoms with Crippen molar-refractivity contribution in [2.45, 2.75) is 24.7 Å². The topological polar surface area (TPSA) is 57.6 Å². The van der Waals surface area contributed by atoms with Crippen LogP contribution in [0.4, 0.5) is 0 Å². The summed E-state index contributed by atoms with van der Waals surface area (Å²) >= 11 is 5.88. The fourth-order valence-corrected chi connectivity index (χ4v) is 3.09. The van der Waals surface area contributed by atoms with E-state index in [4.69, 9.17) is 16.7 Å². The molecule has 20 heavy (non-hydrogen) atoms. The van der Waals surface area contributed by atoms with Gasteiger partial charge in [-0.05, 0) is 37.0 Å². The van der Waals surface area contributed by atoms with E-state index in [2.05, 4.69) is 0 Å². The highest BCUT2D eigenvalue weighted by Gasteiger charge is 2.53. The van der Waals surface area contributed by atoms with Crippen LogP contribution in [0.1, 0.15) is 24.8 Å². The third-order valence-corrected chi connectivity index (χ3v) is 4.63. The van der Waals surface area contributed by atoms with Crippen molar-refractivity contribution in [2.24, 2.45) is 5.92 Å². The largest absolute Gasteiger partial charge is 0.481 e. The molecule has 5 heteroatoms. The van der Waals surface area contributed by atoms with E-state index >= 15 is 0 Å². The van der Waals surface area contributed by atoms with E-state index in [1.807, 2.05) is 12.1 Å². The van der Waals surface area contributed by atoms with Gasteiger partial charge in [0.25, 0.3) is 0 Å². The summed E-state index contributed by atoms with van der Waals surface area (Å²) in [5.74, 6) is -1.15. The Hall–Kier alpha value is -1.55. The Kier molecular flexibility index (Phi) is 3.21. The molecule has 1 aliphatic heterocycles. The summed E-state index contributed by atoms with van der Waals surface area (Å²) in [5.41, 5.74) is 0.559. The van der Waals surface area contributed by atoms with Crippen LogP contribution in [0.2, 0.25) is 5.02 Å². The summed E-state index contributed by atoms with van der Waals surface area (Å²) in [6, 6.07) is 7.40. The van der Waals surface area contributed by atoms with Crippen molar-refractivity contribution in [1.82, 2.24) is 4.90 Å². The lowest BCUT2D eigenvalue weighted by Crippen LogP contribution is -2.38. The molecule has 1 atom stereocenters. The average Bonchev–Trinajstić information content (AvgIpc) is 3.08. The van der Waals surface area contributed by atoms with E-state index < -0.39 is 17.3 Å². The molecule has 1 amide bonds. The van der Waals surface area contributed by atoms with E-state index in [0.29, 0.717) is 24.5 Å². The Morgan fingerprint density at radius 1 is 1.25 bits per heavy atom. The van der Waals surface area contributed by atoms with Gasteiger partial charge in [0.15, 0.2) is 0 Å². The molecule has 0 unspecified atom stereocenters. The quantitative estimate of drug-likeness (QED) is 0.930. The predicted octanol–water partition coefficient (Wildman–Crippen LogP) is 2.30. The molecule has 1 saturated carbocycles. The number of amides is 1. The van der Waals surface area contributed by atoms with Crippen LogP contribution in [0, 0.1) is 5.92 Å². The maximum Gasteiger partial charge on any atom is 0.308 e. The molecule has 3 rings (SSSR count). The molecule has 0 bridgehead atoms. The molecule has 1 saturated heterocycles. The van der Waals surface area contributed by atoms with E-state index in [1.54, 1.807) is 17.0 Å². The van der Waals surface area contributed by atoms with Crippen LogP contribution < -0.4 is 0 Å². The summed E-state index contributed by atoms with van der Waals surface area (Å²) in [7, 11) is 0. The summed E-state index contributed by atoms with van der Waals surface area (Å²) in [4.78, 5) is 25.4. The highest BCUT2D eigenvalue weighted by Crippen LogP contribution is 2.50. The van der Waals surface area contributed by atoms with Crippen molar-refractivity contribution < 1.29 is 14.7 Å². The molecular formula is C15H16ClNO3. The van der Waals surface area contributed by atoms with Gasteiger partial charge in [0.1, 0.15) is 0 Å². The number of likely N-dealkylation sites (tertiary alicyclic amines) is 1. The van der Waals surface area contributed by atoms with Crippen molar-refractivity contribution in [2.75, 3.05) is 13.1 Å². The van der Waals surface area contributed by atoms with Crippen LogP contribution in [-0.2, 0) is 15.0 Å². The first-order valence-corrected chi connectivity index (χ1v) is 7.19.